The molecule has 202 valence electrons. The van der Waals surface area contributed by atoms with Gasteiger partial charge in [-0.05, 0) is 55.2 Å². The second-order valence-corrected chi connectivity index (χ2v) is 11.2. The highest BCUT2D eigenvalue weighted by Crippen LogP contribution is 2.30. The molecule has 37 heavy (non-hydrogen) atoms. The van der Waals surface area contributed by atoms with Crippen molar-refractivity contribution in [1.82, 2.24) is 14.7 Å². The number of hydrogen-bond donors (Lipinski definition) is 0. The fourth-order valence-electron chi connectivity index (χ4n) is 6.01. The zero-order valence-corrected chi connectivity index (χ0v) is 23.1. The van der Waals surface area contributed by atoms with E-state index >= 15 is 0 Å². The molecule has 1 amide bonds. The predicted molar refractivity (Wildman–Crippen MR) is 145 cm³/mol. The molecule has 0 aliphatic carbocycles. The van der Waals surface area contributed by atoms with Crippen LogP contribution in [0.4, 0.5) is 0 Å². The van der Waals surface area contributed by atoms with E-state index in [4.69, 9.17) is 4.74 Å². The molecule has 1 saturated heterocycles. The van der Waals surface area contributed by atoms with Gasteiger partial charge in [-0.2, -0.15) is 5.10 Å². The zero-order chi connectivity index (χ0) is 26.5. The smallest absolute Gasteiger partial charge is 0.245 e. The van der Waals surface area contributed by atoms with Crippen LogP contribution in [0.3, 0.4) is 0 Å². The molecule has 7 heteroatoms. The van der Waals surface area contributed by atoms with E-state index in [0.717, 1.165) is 55.0 Å². The predicted octanol–water partition coefficient (Wildman–Crippen LogP) is 5.30. The minimum absolute atomic E-state index is 0.0144. The Hall–Kier alpha value is -2.54. The molecule has 0 unspecified atom stereocenters. The molecule has 3 heterocycles. The summed E-state index contributed by atoms with van der Waals surface area (Å²) in [5.74, 6) is 0.302. The van der Waals surface area contributed by atoms with Crippen LogP contribution in [0.25, 0.3) is 10.9 Å². The van der Waals surface area contributed by atoms with Crippen molar-refractivity contribution in [3.63, 3.8) is 0 Å². The summed E-state index contributed by atoms with van der Waals surface area (Å²) in [7, 11) is 0. The van der Waals surface area contributed by atoms with Crippen molar-refractivity contribution >= 4 is 28.4 Å². The number of hydrogen-bond acceptors (Lipinski definition) is 5. The van der Waals surface area contributed by atoms with E-state index in [1.807, 2.05) is 6.92 Å². The molecule has 2 atom stereocenters. The first-order valence-electron chi connectivity index (χ1n) is 14.3. The summed E-state index contributed by atoms with van der Waals surface area (Å²) in [6.45, 7) is 8.93. The lowest BCUT2D eigenvalue weighted by Gasteiger charge is -2.27. The number of benzene rings is 1. The van der Waals surface area contributed by atoms with Crippen LogP contribution in [0, 0.1) is 5.92 Å². The number of aromatic nitrogens is 2. The topological polar surface area (TPSA) is 81.5 Å². The van der Waals surface area contributed by atoms with Crippen molar-refractivity contribution < 1.29 is 19.1 Å². The fourth-order valence-corrected chi connectivity index (χ4v) is 6.01. The maximum absolute atomic E-state index is 13.7. The Morgan fingerprint density at radius 2 is 1.84 bits per heavy atom. The molecule has 2 bridgehead atoms. The van der Waals surface area contributed by atoms with Gasteiger partial charge < -0.3 is 9.64 Å². The van der Waals surface area contributed by atoms with Crippen LogP contribution in [-0.4, -0.2) is 57.5 Å². The van der Waals surface area contributed by atoms with Crippen molar-refractivity contribution in [2.24, 2.45) is 5.92 Å². The molecule has 0 saturated carbocycles. The molecule has 1 aromatic carbocycles. The quantitative estimate of drug-likeness (QED) is 0.511. The highest BCUT2D eigenvalue weighted by atomic mass is 16.5. The van der Waals surface area contributed by atoms with Crippen LogP contribution in [0.1, 0.15) is 101 Å². The van der Waals surface area contributed by atoms with E-state index in [-0.39, 0.29) is 30.1 Å². The molecule has 4 rings (SSSR count). The van der Waals surface area contributed by atoms with Crippen LogP contribution in [-0.2, 0) is 33.7 Å². The Labute approximate surface area is 220 Å². The van der Waals surface area contributed by atoms with Crippen molar-refractivity contribution in [1.29, 1.82) is 0 Å². The highest BCUT2D eigenvalue weighted by molar-refractivity contribution is 6.06. The van der Waals surface area contributed by atoms with Gasteiger partial charge >= 0.3 is 0 Å². The van der Waals surface area contributed by atoms with Gasteiger partial charge in [0.25, 0.3) is 0 Å². The summed E-state index contributed by atoms with van der Waals surface area (Å²) < 4.78 is 7.88. The summed E-state index contributed by atoms with van der Waals surface area (Å²) >= 11 is 0. The number of fused-ring (bicyclic) bond motifs is 2. The van der Waals surface area contributed by atoms with Gasteiger partial charge in [0.15, 0.2) is 11.6 Å². The summed E-state index contributed by atoms with van der Waals surface area (Å²) in [5.41, 5.74) is 3.69. The maximum Gasteiger partial charge on any atom is 0.245 e. The molecule has 0 N–H and O–H groups in total. The van der Waals surface area contributed by atoms with Crippen molar-refractivity contribution in [3.05, 3.63) is 29.0 Å². The summed E-state index contributed by atoms with van der Waals surface area (Å²) in [4.78, 5) is 40.9. The van der Waals surface area contributed by atoms with Crippen LogP contribution in [0.15, 0.2) is 12.1 Å². The van der Waals surface area contributed by atoms with Crippen LogP contribution >= 0.6 is 0 Å². The Morgan fingerprint density at radius 3 is 2.54 bits per heavy atom. The summed E-state index contributed by atoms with van der Waals surface area (Å²) in [5, 5.41) is 5.53. The number of ether oxygens (including phenoxy) is 1. The van der Waals surface area contributed by atoms with Crippen molar-refractivity contribution in [3.8, 4) is 0 Å². The molecular weight excluding hydrogens is 466 g/mol. The largest absolute Gasteiger partial charge is 0.376 e. The average molecular weight is 510 g/mol. The third-order valence-electron chi connectivity index (χ3n) is 7.76. The number of ketones is 2. The van der Waals surface area contributed by atoms with Gasteiger partial charge in [-0.1, -0.05) is 52.5 Å². The average Bonchev–Trinajstić information content (AvgIpc) is 3.43. The third kappa shape index (κ3) is 6.31. The molecule has 2 aromatic rings. The van der Waals surface area contributed by atoms with Crippen molar-refractivity contribution in [2.45, 2.75) is 111 Å². The normalized spacial score (nSPS) is 22.0. The number of nitrogens with zero attached hydrogens (tertiary/aromatic N) is 3. The molecule has 7 nitrogen and oxygen atoms in total. The Bertz CT molecular complexity index is 1140. The second kappa shape index (κ2) is 12.3. The first kappa shape index (κ1) is 27.5. The second-order valence-electron chi connectivity index (χ2n) is 11.2. The van der Waals surface area contributed by atoms with E-state index in [2.05, 4.69) is 31.1 Å². The fraction of sp³-hybridized carbons (Fsp3) is 0.667. The van der Waals surface area contributed by atoms with E-state index in [9.17, 15) is 14.4 Å². The standard InChI is InChI=1S/C30H43N3O4/c1-5-25(35)30-26-13-14-32(30)27(36)19-33-29-23(12-10-8-6-7-9-11-15-37-26)17-22(16-20(2)3)18-24(29)28(31-33)21(4)34/h17-18,20,26,30H,5-16,19H2,1-4H3/t26-,30-/m1/s1. The Kier molecular flexibility index (Phi) is 9.17. The van der Waals surface area contributed by atoms with Crippen LogP contribution in [0.5, 0.6) is 0 Å². The van der Waals surface area contributed by atoms with Gasteiger partial charge in [0.2, 0.25) is 5.91 Å². The molecule has 0 spiro atoms. The molecular formula is C30H43N3O4. The number of rotatable bonds is 5. The summed E-state index contributed by atoms with van der Waals surface area (Å²) in [6, 6.07) is 3.81. The molecule has 2 aliphatic heterocycles. The number of amides is 1. The van der Waals surface area contributed by atoms with E-state index in [1.165, 1.54) is 18.4 Å². The van der Waals surface area contributed by atoms with Gasteiger partial charge in [-0.3, -0.25) is 19.1 Å². The highest BCUT2D eigenvalue weighted by Gasteiger charge is 2.41. The summed E-state index contributed by atoms with van der Waals surface area (Å²) in [6.07, 6.45) is 9.28. The molecule has 0 radical (unpaired) electrons. The third-order valence-corrected chi connectivity index (χ3v) is 7.76. The first-order chi connectivity index (χ1) is 17.8. The van der Waals surface area contributed by atoms with Gasteiger partial charge in [-0.25, -0.2) is 0 Å². The maximum atomic E-state index is 13.7. The minimum Gasteiger partial charge on any atom is -0.376 e. The van der Waals surface area contributed by atoms with Crippen LogP contribution < -0.4 is 0 Å². The number of aryl methyl sites for hydroxylation is 1. The Morgan fingerprint density at radius 1 is 1.11 bits per heavy atom. The minimum atomic E-state index is -0.542. The number of Topliss-reactive ketones (excluding diaryl/α,β-unsaturated/α-hetero) is 2. The Balaban J connectivity index is 1.77. The van der Waals surface area contributed by atoms with Crippen molar-refractivity contribution in [2.75, 3.05) is 13.2 Å². The lowest BCUT2D eigenvalue weighted by atomic mass is 9.95. The van der Waals surface area contributed by atoms with E-state index in [0.29, 0.717) is 37.6 Å². The van der Waals surface area contributed by atoms with Gasteiger partial charge in [0.05, 0.1) is 11.6 Å². The lowest BCUT2D eigenvalue weighted by Crippen LogP contribution is -2.47. The number of carbonyl (C=O) groups is 3. The zero-order valence-electron chi connectivity index (χ0n) is 23.1. The van der Waals surface area contributed by atoms with Gasteiger partial charge in [-0.15, -0.1) is 0 Å². The van der Waals surface area contributed by atoms with Gasteiger partial charge in [0.1, 0.15) is 18.3 Å². The molecule has 2 aliphatic rings. The van der Waals surface area contributed by atoms with Gasteiger partial charge in [0, 0.05) is 31.9 Å². The first-order valence-corrected chi connectivity index (χ1v) is 14.3. The van der Waals surface area contributed by atoms with E-state index < -0.39 is 6.04 Å². The molecule has 1 fully saturated rings. The van der Waals surface area contributed by atoms with E-state index in [1.54, 1.807) is 16.5 Å². The van der Waals surface area contributed by atoms with Crippen LogP contribution in [0.2, 0.25) is 0 Å². The number of carbonyl (C=O) groups excluding carboxylic acids is 3. The monoisotopic (exact) mass is 509 g/mol. The molecule has 1 aromatic heterocycles. The SMILES string of the molecule is CCC(=O)[C@@H]1[C@H]2CCN1C(=O)Cn1nc(C(C)=O)c3cc(CC(C)C)cc(c31)CCCCCCCCO2. The lowest BCUT2D eigenvalue weighted by molar-refractivity contribution is -0.141.